The Morgan fingerprint density at radius 3 is 2.35 bits per heavy atom. The lowest BCUT2D eigenvalue weighted by Crippen LogP contribution is -2.50. The van der Waals surface area contributed by atoms with E-state index in [0.29, 0.717) is 25.2 Å². The van der Waals surface area contributed by atoms with Crippen LogP contribution in [0.5, 0.6) is 11.5 Å². The Hall–Kier alpha value is -4.79. The van der Waals surface area contributed by atoms with Crippen molar-refractivity contribution in [3.8, 4) is 11.5 Å². The number of ether oxygens (including phenoxy) is 4. The van der Waals surface area contributed by atoms with E-state index in [-0.39, 0.29) is 74.4 Å². The molecule has 1 aromatic carbocycles. The third-order valence-corrected chi connectivity index (χ3v) is 12.7. The Balaban J connectivity index is 1.48. The summed E-state index contributed by atoms with van der Waals surface area (Å²) in [5.74, 6) is -5.16. The van der Waals surface area contributed by atoms with E-state index in [4.69, 9.17) is 23.9 Å². The number of benzene rings is 1. The van der Waals surface area contributed by atoms with Gasteiger partial charge in [-0.15, -0.1) is 0 Å². The maximum absolute atomic E-state index is 14.7. The van der Waals surface area contributed by atoms with Gasteiger partial charge in [-0.05, 0) is 44.1 Å². The van der Waals surface area contributed by atoms with Crippen LogP contribution in [0.25, 0.3) is 0 Å². The molecule has 326 valence electrons. The third-order valence-electron chi connectivity index (χ3n) is 12.7. The van der Waals surface area contributed by atoms with Crippen LogP contribution in [0.1, 0.15) is 113 Å². The second kappa shape index (κ2) is 17.3. The molecule has 0 unspecified atom stereocenters. The van der Waals surface area contributed by atoms with Gasteiger partial charge in [-0.1, -0.05) is 59.8 Å². The number of nitrogens with one attached hydrogen (secondary N) is 2. The summed E-state index contributed by atoms with van der Waals surface area (Å²) >= 11 is 0. The average Bonchev–Trinajstić information content (AvgIpc) is 3.69. The highest BCUT2D eigenvalue weighted by molar-refractivity contribution is 6.34. The normalized spacial score (nSPS) is 33.0. The number of aliphatic hydroxyl groups is 1. The van der Waals surface area contributed by atoms with Crippen molar-refractivity contribution >= 4 is 29.2 Å². The molecule has 60 heavy (non-hydrogen) atoms. The van der Waals surface area contributed by atoms with Gasteiger partial charge in [0.2, 0.25) is 5.78 Å². The van der Waals surface area contributed by atoms with E-state index in [9.17, 15) is 29.4 Å². The number of aliphatic imine (C=N–C) groups is 1. The highest BCUT2D eigenvalue weighted by atomic mass is 16.7. The van der Waals surface area contributed by atoms with Crippen LogP contribution in [0.15, 0.2) is 52.5 Å². The number of nitrogens with zero attached hydrogens (tertiary/aromatic N) is 2. The van der Waals surface area contributed by atoms with Gasteiger partial charge in [0.25, 0.3) is 11.7 Å². The first-order valence-electron chi connectivity index (χ1n) is 21.1. The Labute approximate surface area is 353 Å². The van der Waals surface area contributed by atoms with Crippen molar-refractivity contribution in [1.29, 1.82) is 0 Å². The van der Waals surface area contributed by atoms with Gasteiger partial charge >= 0.3 is 11.8 Å². The molecule has 6 rings (SSSR count). The first-order valence-corrected chi connectivity index (χ1v) is 21.1. The second-order valence-electron chi connectivity index (χ2n) is 18.0. The van der Waals surface area contributed by atoms with Crippen molar-refractivity contribution in [2.75, 3.05) is 26.7 Å². The van der Waals surface area contributed by atoms with E-state index in [2.05, 4.69) is 29.4 Å². The fourth-order valence-corrected chi connectivity index (χ4v) is 9.35. The Morgan fingerprint density at radius 1 is 1.03 bits per heavy atom. The Bertz CT molecular complexity index is 2080. The number of ketones is 2. The van der Waals surface area contributed by atoms with Crippen molar-refractivity contribution < 1.29 is 48.3 Å². The number of aromatic hydroxyl groups is 1. The molecule has 14 heteroatoms. The molecule has 4 N–H and O–H groups in total. The number of hydrogen-bond acceptors (Lipinski definition) is 13. The van der Waals surface area contributed by atoms with Gasteiger partial charge in [-0.3, -0.25) is 24.2 Å². The number of phenolic OH excluding ortho intramolecular Hbond substituents is 1. The van der Waals surface area contributed by atoms with E-state index < -0.39 is 59.0 Å². The second-order valence-corrected chi connectivity index (χ2v) is 18.0. The number of fused-ring (bicyclic) bond motifs is 3. The van der Waals surface area contributed by atoms with Crippen LogP contribution >= 0.6 is 0 Å². The number of amides is 1. The number of rotatable bonds is 4. The minimum absolute atomic E-state index is 0.0452. The predicted octanol–water partition coefficient (Wildman–Crippen LogP) is 5.64. The van der Waals surface area contributed by atoms with Crippen molar-refractivity contribution in [3.05, 3.63) is 69.8 Å². The summed E-state index contributed by atoms with van der Waals surface area (Å²) in [4.78, 5) is 63.2. The number of methoxy groups -OCH3 is 1. The van der Waals surface area contributed by atoms with Crippen LogP contribution in [0.2, 0.25) is 0 Å². The minimum atomic E-state index is -1.92. The molecule has 1 saturated heterocycles. The largest absolute Gasteiger partial charge is 0.507 e. The predicted molar refractivity (Wildman–Crippen MR) is 225 cm³/mol. The number of phenols is 1. The molecule has 0 saturated carbocycles. The van der Waals surface area contributed by atoms with Crippen molar-refractivity contribution in [2.45, 2.75) is 118 Å². The number of likely N-dealkylation sites (tertiary alicyclic amines) is 1. The topological polar surface area (TPSA) is 185 Å². The van der Waals surface area contributed by atoms with Crippen LogP contribution < -0.4 is 15.4 Å². The molecule has 0 aromatic heterocycles. The Kier molecular flexibility index (Phi) is 12.9. The molecule has 4 heterocycles. The number of allylic oxidation sites excluding steroid dienone is 4. The van der Waals surface area contributed by atoms with Gasteiger partial charge in [0, 0.05) is 82.0 Å². The molecule has 1 amide bonds. The highest BCUT2D eigenvalue weighted by Gasteiger charge is 2.54. The number of Topliss-reactive ketones (excluding diaryl/α,β-unsaturated/α-hetero) is 2. The van der Waals surface area contributed by atoms with Gasteiger partial charge in [0.1, 0.15) is 29.0 Å². The number of carbonyl (C=O) groups is 4. The first kappa shape index (κ1) is 44.8. The van der Waals surface area contributed by atoms with E-state index in [0.717, 1.165) is 19.6 Å². The fourth-order valence-electron chi connectivity index (χ4n) is 9.35. The quantitative estimate of drug-likeness (QED) is 0.274. The monoisotopic (exact) mass is 830 g/mol. The molecule has 4 aliphatic heterocycles. The smallest absolute Gasteiger partial charge is 0.312 e. The molecule has 1 spiro atoms. The molecule has 1 aliphatic carbocycles. The average molecular weight is 831 g/mol. The van der Waals surface area contributed by atoms with Crippen LogP contribution in [0.4, 0.5) is 0 Å². The van der Waals surface area contributed by atoms with E-state index in [1.54, 1.807) is 32.1 Å². The fraction of sp³-hybridized carbons (Fsp3) is 0.587. The van der Waals surface area contributed by atoms with Gasteiger partial charge in [-0.25, -0.2) is 0 Å². The molecular formula is C46H62N4O10. The summed E-state index contributed by atoms with van der Waals surface area (Å²) < 4.78 is 24.1. The molecule has 0 radical (unpaired) electrons. The third kappa shape index (κ3) is 8.42. The zero-order valence-electron chi connectivity index (χ0n) is 36.8. The molecular weight excluding hydrogens is 769 g/mol. The van der Waals surface area contributed by atoms with Crippen LogP contribution in [-0.4, -0.2) is 101 Å². The van der Waals surface area contributed by atoms with E-state index in [1.165, 1.54) is 27.2 Å². The van der Waals surface area contributed by atoms with Crippen molar-refractivity contribution in [1.82, 2.24) is 15.5 Å². The highest BCUT2D eigenvalue weighted by Crippen LogP contribution is 2.50. The maximum atomic E-state index is 14.7. The van der Waals surface area contributed by atoms with Gasteiger partial charge in [0.05, 0.1) is 41.0 Å². The lowest BCUT2D eigenvalue weighted by molar-refractivity contribution is -0.155. The number of carbonyl (C=O) groups excluding carboxylic acids is 4. The summed E-state index contributed by atoms with van der Waals surface area (Å²) in [6.07, 6.45) is 7.78. The molecule has 1 aromatic rings. The van der Waals surface area contributed by atoms with E-state index >= 15 is 0 Å². The first-order chi connectivity index (χ1) is 28.2. The van der Waals surface area contributed by atoms with Crippen molar-refractivity contribution in [2.24, 2.45) is 34.6 Å². The zero-order chi connectivity index (χ0) is 44.0. The molecule has 5 aliphatic rings. The van der Waals surface area contributed by atoms with Gasteiger partial charge in [0.15, 0.2) is 0 Å². The maximum Gasteiger partial charge on any atom is 0.312 e. The number of piperidine rings is 1. The molecule has 14 nitrogen and oxygen atoms in total. The summed E-state index contributed by atoms with van der Waals surface area (Å²) in [6, 6.07) is 0. The number of esters is 1. The number of hydrogen-bond donors (Lipinski definition) is 4. The summed E-state index contributed by atoms with van der Waals surface area (Å²) in [6.45, 7) is 20.4. The van der Waals surface area contributed by atoms with Crippen LogP contribution in [0.3, 0.4) is 0 Å². The summed E-state index contributed by atoms with van der Waals surface area (Å²) in [5.41, 5.74) is 0.0528. The lowest BCUT2D eigenvalue weighted by atomic mass is 9.80. The van der Waals surface area contributed by atoms with Crippen molar-refractivity contribution in [3.63, 3.8) is 0 Å². The lowest BCUT2D eigenvalue weighted by Gasteiger charge is -2.38. The van der Waals surface area contributed by atoms with Gasteiger partial charge < -0.3 is 44.7 Å². The molecule has 5 bridgehead atoms. The molecule has 1 fully saturated rings. The van der Waals surface area contributed by atoms with Gasteiger partial charge in [-0.2, -0.15) is 0 Å². The van der Waals surface area contributed by atoms with E-state index in [1.807, 2.05) is 33.8 Å². The summed E-state index contributed by atoms with van der Waals surface area (Å²) in [7, 11) is 1.52. The van der Waals surface area contributed by atoms with Crippen LogP contribution in [0, 0.1) is 36.5 Å². The zero-order valence-corrected chi connectivity index (χ0v) is 36.8. The SMILES string of the molecule is CO[C@H]1/C=C/O[C@@]2(C)Oc3c(C)c(O)c4c(c3C2=O)C2=NC3(CCN(CC(C)C)CC3)NC2=C(NC(=O)/C(C)=C\C=C\[C@H](C)[C@H](O)[C@@H](C)C[C@@H](C)[C@H](OC(C)=O)[C@@H]1C)C4=O. The number of aliphatic hydroxyl groups excluding tert-OH is 1. The van der Waals surface area contributed by atoms with Crippen LogP contribution in [-0.2, 0) is 23.8 Å². The standard InChI is InChI=1S/C46H62N4O10/c1-23(2)22-50-18-16-46(17-19-50)48-35-32-33-39(53)29(8)42-34(32)43(55)45(10,60-42)58-20-15-31(57-11)28(7)41(59-30(9)51)27(6)21-26(5)38(52)24(3)13-12-14-25(4)44(56)47-37(40(33)54)36(35)49-46/h12-15,20,23-24,26-28,31,38,41,49,52-53H,16-19,21-22H2,1-11H3,(H,47,56)/b13-12+,20-15+,25-14-/t24-,26-,27+,28+,31-,38-,41-,45-/m0/s1. The Morgan fingerprint density at radius 2 is 1.72 bits per heavy atom. The summed E-state index contributed by atoms with van der Waals surface area (Å²) in [5, 5.41) is 29.5. The minimum Gasteiger partial charge on any atom is -0.507 e. The molecule has 8 atom stereocenters.